The third-order valence-corrected chi connectivity index (χ3v) is 6.79. The number of aromatic nitrogens is 2. The SMILES string of the molecule is Cc1cc([C@@H](C)Nc2ccc(Cl)nc2C(=O)O)c2cc(N3Cc4ccccc4C3)n(C)c(=O)c2c1. The van der Waals surface area contributed by atoms with Crippen molar-refractivity contribution in [3.8, 4) is 0 Å². The topological polar surface area (TPSA) is 87.5 Å². The predicted octanol–water partition coefficient (Wildman–Crippen LogP) is 5.29. The molecule has 4 aromatic rings. The van der Waals surface area contributed by atoms with E-state index in [4.69, 9.17) is 11.6 Å². The highest BCUT2D eigenvalue weighted by Crippen LogP contribution is 2.33. The molecule has 2 aromatic carbocycles. The van der Waals surface area contributed by atoms with Crippen LogP contribution in [-0.2, 0) is 20.1 Å². The second-order valence-corrected chi connectivity index (χ2v) is 9.40. The van der Waals surface area contributed by atoms with Crippen LogP contribution >= 0.6 is 11.6 Å². The number of benzene rings is 2. The van der Waals surface area contributed by atoms with Gasteiger partial charge in [0.25, 0.3) is 5.56 Å². The molecule has 35 heavy (non-hydrogen) atoms. The Balaban J connectivity index is 1.60. The summed E-state index contributed by atoms with van der Waals surface area (Å²) < 4.78 is 1.71. The molecule has 0 aliphatic carbocycles. The quantitative estimate of drug-likeness (QED) is 0.371. The van der Waals surface area contributed by atoms with E-state index in [2.05, 4.69) is 33.4 Å². The number of hydrogen-bond acceptors (Lipinski definition) is 5. The monoisotopic (exact) mass is 488 g/mol. The van der Waals surface area contributed by atoms with Crippen molar-refractivity contribution in [3.63, 3.8) is 0 Å². The van der Waals surface area contributed by atoms with Crippen molar-refractivity contribution in [2.75, 3.05) is 10.2 Å². The zero-order chi connectivity index (χ0) is 24.9. The number of nitrogens with zero attached hydrogens (tertiary/aromatic N) is 3. The van der Waals surface area contributed by atoms with Crippen LogP contribution < -0.4 is 15.8 Å². The number of carbonyl (C=O) groups is 1. The van der Waals surface area contributed by atoms with Gasteiger partial charge in [-0.25, -0.2) is 9.78 Å². The molecular formula is C27H25ClN4O3. The first-order valence-electron chi connectivity index (χ1n) is 11.4. The van der Waals surface area contributed by atoms with Crippen molar-refractivity contribution in [2.45, 2.75) is 33.0 Å². The van der Waals surface area contributed by atoms with Crippen LogP contribution in [0.15, 0.2) is 59.4 Å². The summed E-state index contributed by atoms with van der Waals surface area (Å²) >= 11 is 5.91. The van der Waals surface area contributed by atoms with Crippen LogP contribution in [0, 0.1) is 6.92 Å². The molecule has 0 saturated heterocycles. The number of carboxylic acids is 1. The molecular weight excluding hydrogens is 464 g/mol. The van der Waals surface area contributed by atoms with Crippen molar-refractivity contribution < 1.29 is 9.90 Å². The highest BCUT2D eigenvalue weighted by atomic mass is 35.5. The summed E-state index contributed by atoms with van der Waals surface area (Å²) in [6, 6.07) is 17.2. The molecule has 1 aliphatic rings. The average molecular weight is 489 g/mol. The Bertz CT molecular complexity index is 1520. The lowest BCUT2D eigenvalue weighted by atomic mass is 9.97. The molecule has 1 atom stereocenters. The van der Waals surface area contributed by atoms with E-state index in [0.717, 1.165) is 35.4 Å². The molecule has 0 unspecified atom stereocenters. The number of hydrogen-bond donors (Lipinski definition) is 2. The first-order valence-corrected chi connectivity index (χ1v) is 11.7. The fourth-order valence-electron chi connectivity index (χ4n) is 4.86. The van der Waals surface area contributed by atoms with E-state index in [-0.39, 0.29) is 22.4 Å². The largest absolute Gasteiger partial charge is 0.476 e. The van der Waals surface area contributed by atoms with Gasteiger partial charge in [0, 0.05) is 31.6 Å². The van der Waals surface area contributed by atoms with Crippen LogP contribution in [0.3, 0.4) is 0 Å². The van der Waals surface area contributed by atoms with E-state index >= 15 is 0 Å². The zero-order valence-corrected chi connectivity index (χ0v) is 20.4. The van der Waals surface area contributed by atoms with Crippen LogP contribution in [0.4, 0.5) is 11.5 Å². The number of fused-ring (bicyclic) bond motifs is 2. The fraction of sp³-hybridized carbons (Fsp3) is 0.222. The molecule has 5 rings (SSSR count). The van der Waals surface area contributed by atoms with Gasteiger partial charge in [-0.3, -0.25) is 9.36 Å². The molecule has 0 fully saturated rings. The molecule has 3 heterocycles. The number of carboxylic acid groups (broad SMARTS) is 1. The molecule has 0 amide bonds. The highest BCUT2D eigenvalue weighted by Gasteiger charge is 2.23. The van der Waals surface area contributed by atoms with Gasteiger partial charge in [-0.1, -0.05) is 41.9 Å². The maximum Gasteiger partial charge on any atom is 0.356 e. The van der Waals surface area contributed by atoms with E-state index in [1.807, 2.05) is 45.2 Å². The number of aryl methyl sites for hydroxylation is 1. The Morgan fingerprint density at radius 1 is 1.09 bits per heavy atom. The molecule has 8 heteroatoms. The second kappa shape index (κ2) is 8.74. The van der Waals surface area contributed by atoms with Gasteiger partial charge in [-0.05, 0) is 65.8 Å². The smallest absolute Gasteiger partial charge is 0.356 e. The Hall–Kier alpha value is -3.84. The van der Waals surface area contributed by atoms with Crippen molar-refractivity contribution in [1.82, 2.24) is 9.55 Å². The average Bonchev–Trinajstić information content (AvgIpc) is 3.26. The van der Waals surface area contributed by atoms with Crippen LogP contribution in [0.25, 0.3) is 10.8 Å². The summed E-state index contributed by atoms with van der Waals surface area (Å²) in [5.41, 5.74) is 4.53. The van der Waals surface area contributed by atoms with Gasteiger partial charge in [0.2, 0.25) is 0 Å². The van der Waals surface area contributed by atoms with Gasteiger partial charge in [-0.15, -0.1) is 0 Å². The van der Waals surface area contributed by atoms with E-state index < -0.39 is 5.97 Å². The summed E-state index contributed by atoms with van der Waals surface area (Å²) in [7, 11) is 1.81. The number of anilines is 2. The fourth-order valence-corrected chi connectivity index (χ4v) is 5.00. The second-order valence-electron chi connectivity index (χ2n) is 9.01. The van der Waals surface area contributed by atoms with Gasteiger partial charge < -0.3 is 15.3 Å². The van der Waals surface area contributed by atoms with E-state index in [0.29, 0.717) is 11.1 Å². The molecule has 0 spiro atoms. The maximum absolute atomic E-state index is 13.5. The predicted molar refractivity (Wildman–Crippen MR) is 138 cm³/mol. The van der Waals surface area contributed by atoms with Crippen LogP contribution in [0.1, 0.15) is 45.7 Å². The highest BCUT2D eigenvalue weighted by molar-refractivity contribution is 6.29. The number of rotatable bonds is 5. The van der Waals surface area contributed by atoms with E-state index in [9.17, 15) is 14.7 Å². The summed E-state index contributed by atoms with van der Waals surface area (Å²) in [5.74, 6) is -0.323. The molecule has 0 radical (unpaired) electrons. The molecule has 7 nitrogen and oxygen atoms in total. The molecule has 0 saturated carbocycles. The van der Waals surface area contributed by atoms with Gasteiger partial charge in [-0.2, -0.15) is 0 Å². The number of pyridine rings is 2. The van der Waals surface area contributed by atoms with Crippen molar-refractivity contribution in [2.24, 2.45) is 7.05 Å². The minimum atomic E-state index is -1.17. The summed E-state index contributed by atoms with van der Waals surface area (Å²) in [4.78, 5) is 31.3. The number of nitrogens with one attached hydrogen (secondary N) is 1. The van der Waals surface area contributed by atoms with Gasteiger partial charge in [0.15, 0.2) is 5.69 Å². The van der Waals surface area contributed by atoms with Crippen LogP contribution in [0.2, 0.25) is 5.15 Å². The molecule has 178 valence electrons. The first kappa shape index (κ1) is 22.9. The van der Waals surface area contributed by atoms with E-state index in [1.54, 1.807) is 16.7 Å². The Morgan fingerprint density at radius 3 is 2.43 bits per heavy atom. The Labute approximate surface area is 207 Å². The molecule has 1 aliphatic heterocycles. The lowest BCUT2D eigenvalue weighted by Gasteiger charge is -2.24. The third kappa shape index (κ3) is 4.12. The standard InChI is InChI=1S/C27H25ClN4O3/c1-15-10-19(16(2)29-22-8-9-23(28)30-25(22)27(34)35)20-12-24(31(3)26(33)21(20)11-15)32-13-17-6-4-5-7-18(17)14-32/h4-12,16,29H,13-14H2,1-3H3,(H,34,35)/t16-/m1/s1. The summed E-state index contributed by atoms with van der Waals surface area (Å²) in [6.45, 7) is 5.37. The zero-order valence-electron chi connectivity index (χ0n) is 19.7. The lowest BCUT2D eigenvalue weighted by molar-refractivity contribution is 0.0691. The Kier molecular flexibility index (Phi) is 5.73. The van der Waals surface area contributed by atoms with Crippen LogP contribution in [-0.4, -0.2) is 20.6 Å². The van der Waals surface area contributed by atoms with Crippen molar-refractivity contribution in [3.05, 3.63) is 98.1 Å². The minimum absolute atomic E-state index is 0.0648. The molecule has 0 bridgehead atoms. The lowest BCUT2D eigenvalue weighted by Crippen LogP contribution is -2.27. The molecule has 2 aromatic heterocycles. The van der Waals surface area contributed by atoms with E-state index in [1.165, 1.54) is 11.1 Å². The van der Waals surface area contributed by atoms with Crippen molar-refractivity contribution in [1.29, 1.82) is 0 Å². The Morgan fingerprint density at radius 2 is 1.77 bits per heavy atom. The van der Waals surface area contributed by atoms with Crippen LogP contribution in [0.5, 0.6) is 0 Å². The summed E-state index contributed by atoms with van der Waals surface area (Å²) in [6.07, 6.45) is 0. The normalized spacial score (nSPS) is 13.7. The number of halogens is 1. The number of aromatic carboxylic acids is 1. The first-order chi connectivity index (χ1) is 16.7. The maximum atomic E-state index is 13.5. The third-order valence-electron chi connectivity index (χ3n) is 6.58. The minimum Gasteiger partial charge on any atom is -0.476 e. The molecule has 2 N–H and O–H groups in total. The van der Waals surface area contributed by atoms with Gasteiger partial charge >= 0.3 is 5.97 Å². The summed E-state index contributed by atoms with van der Waals surface area (Å²) in [5, 5.41) is 14.4. The van der Waals surface area contributed by atoms with Crippen molar-refractivity contribution >= 4 is 39.8 Å². The van der Waals surface area contributed by atoms with Gasteiger partial charge in [0.1, 0.15) is 11.0 Å². The van der Waals surface area contributed by atoms with Gasteiger partial charge in [0.05, 0.1) is 5.69 Å².